The molecule has 0 aliphatic carbocycles. The van der Waals surface area contributed by atoms with Crippen molar-refractivity contribution in [3.63, 3.8) is 0 Å². The molecule has 1 aromatic carbocycles. The van der Waals surface area contributed by atoms with E-state index in [4.69, 9.17) is 5.11 Å². The van der Waals surface area contributed by atoms with Gasteiger partial charge < -0.3 is 10.4 Å². The van der Waals surface area contributed by atoms with Gasteiger partial charge in [0.05, 0.1) is 5.41 Å². The van der Waals surface area contributed by atoms with Crippen molar-refractivity contribution in [3.05, 3.63) is 35.4 Å². The van der Waals surface area contributed by atoms with Crippen LogP contribution in [0, 0.1) is 12.3 Å². The highest BCUT2D eigenvalue weighted by Crippen LogP contribution is 2.20. The van der Waals surface area contributed by atoms with E-state index < -0.39 is 11.4 Å². The number of carbonyl (C=O) groups is 2. The average Bonchev–Trinajstić information content (AvgIpc) is 2.35. The molecule has 0 fully saturated rings. The molecule has 0 spiro atoms. The molecular weight excluding hydrogens is 230 g/mol. The summed E-state index contributed by atoms with van der Waals surface area (Å²) in [7, 11) is 0. The van der Waals surface area contributed by atoms with E-state index in [-0.39, 0.29) is 12.5 Å². The molecule has 1 amide bonds. The minimum absolute atomic E-state index is 0.131. The zero-order valence-corrected chi connectivity index (χ0v) is 11.0. The Balaban J connectivity index is 2.69. The highest BCUT2D eigenvalue weighted by Gasteiger charge is 2.31. The van der Waals surface area contributed by atoms with Crippen molar-refractivity contribution >= 4 is 11.9 Å². The molecule has 0 aliphatic heterocycles. The highest BCUT2D eigenvalue weighted by atomic mass is 16.4. The van der Waals surface area contributed by atoms with Crippen molar-refractivity contribution in [1.29, 1.82) is 0 Å². The summed E-state index contributed by atoms with van der Waals surface area (Å²) in [4.78, 5) is 23.0. The van der Waals surface area contributed by atoms with Crippen LogP contribution in [-0.4, -0.2) is 23.5 Å². The van der Waals surface area contributed by atoms with Gasteiger partial charge in [0, 0.05) is 12.1 Å². The van der Waals surface area contributed by atoms with Gasteiger partial charge >= 0.3 is 5.97 Å². The molecule has 4 nitrogen and oxygen atoms in total. The molecule has 0 saturated carbocycles. The molecule has 0 radical (unpaired) electrons. The van der Waals surface area contributed by atoms with Gasteiger partial charge in [-0.3, -0.25) is 9.59 Å². The predicted octanol–water partition coefficient (Wildman–Crippen LogP) is 2.23. The summed E-state index contributed by atoms with van der Waals surface area (Å²) in [5.74, 6) is -1.13. The SMILES string of the molecule is CCC(C)(CNC(=O)c1cccc(C)c1)C(=O)O. The van der Waals surface area contributed by atoms with E-state index in [0.717, 1.165) is 5.56 Å². The van der Waals surface area contributed by atoms with Crippen LogP contribution in [0.2, 0.25) is 0 Å². The molecule has 0 heterocycles. The van der Waals surface area contributed by atoms with Crippen LogP contribution in [-0.2, 0) is 4.79 Å². The molecule has 0 aliphatic rings. The first-order valence-electron chi connectivity index (χ1n) is 5.97. The smallest absolute Gasteiger partial charge is 0.311 e. The van der Waals surface area contributed by atoms with Gasteiger partial charge in [-0.05, 0) is 32.4 Å². The van der Waals surface area contributed by atoms with Gasteiger partial charge in [0.25, 0.3) is 5.91 Å². The fourth-order valence-electron chi connectivity index (χ4n) is 1.52. The largest absolute Gasteiger partial charge is 0.481 e. The highest BCUT2D eigenvalue weighted by molar-refractivity contribution is 5.94. The lowest BCUT2D eigenvalue weighted by Crippen LogP contribution is -2.40. The Morgan fingerprint density at radius 1 is 1.39 bits per heavy atom. The minimum Gasteiger partial charge on any atom is -0.481 e. The zero-order valence-electron chi connectivity index (χ0n) is 11.0. The Kier molecular flexibility index (Phi) is 4.48. The lowest BCUT2D eigenvalue weighted by Gasteiger charge is -2.23. The molecular formula is C14H19NO3. The summed E-state index contributed by atoms with van der Waals surface area (Å²) in [6.07, 6.45) is 0.469. The van der Waals surface area contributed by atoms with Crippen LogP contribution in [0.5, 0.6) is 0 Å². The van der Waals surface area contributed by atoms with Crippen molar-refractivity contribution in [2.24, 2.45) is 5.41 Å². The van der Waals surface area contributed by atoms with Gasteiger partial charge in [-0.15, -0.1) is 0 Å². The number of aryl methyl sites for hydroxylation is 1. The molecule has 1 aromatic rings. The lowest BCUT2D eigenvalue weighted by molar-refractivity contribution is -0.147. The second-order valence-corrected chi connectivity index (χ2v) is 4.77. The van der Waals surface area contributed by atoms with Crippen molar-refractivity contribution in [2.45, 2.75) is 27.2 Å². The van der Waals surface area contributed by atoms with Gasteiger partial charge in [0.15, 0.2) is 0 Å². The number of aliphatic carboxylic acids is 1. The maximum Gasteiger partial charge on any atom is 0.311 e. The first-order chi connectivity index (χ1) is 8.39. The quantitative estimate of drug-likeness (QED) is 0.841. The van der Waals surface area contributed by atoms with Crippen molar-refractivity contribution in [3.8, 4) is 0 Å². The van der Waals surface area contributed by atoms with E-state index in [1.165, 1.54) is 0 Å². The van der Waals surface area contributed by atoms with Crippen molar-refractivity contribution in [1.82, 2.24) is 5.32 Å². The van der Waals surface area contributed by atoms with Crippen molar-refractivity contribution in [2.75, 3.05) is 6.54 Å². The van der Waals surface area contributed by atoms with Crippen LogP contribution in [0.4, 0.5) is 0 Å². The molecule has 1 rings (SSSR count). The van der Waals surface area contributed by atoms with E-state index in [1.54, 1.807) is 32.0 Å². The number of carboxylic acid groups (broad SMARTS) is 1. The van der Waals surface area contributed by atoms with E-state index in [1.807, 2.05) is 13.0 Å². The summed E-state index contributed by atoms with van der Waals surface area (Å²) in [5.41, 5.74) is 0.637. The van der Waals surface area contributed by atoms with Crippen LogP contribution < -0.4 is 5.32 Å². The lowest BCUT2D eigenvalue weighted by atomic mass is 9.87. The fraction of sp³-hybridized carbons (Fsp3) is 0.429. The summed E-state index contributed by atoms with van der Waals surface area (Å²) < 4.78 is 0. The maximum atomic E-state index is 11.9. The Labute approximate surface area is 107 Å². The van der Waals surface area contributed by atoms with E-state index in [0.29, 0.717) is 12.0 Å². The van der Waals surface area contributed by atoms with Crippen LogP contribution in [0.25, 0.3) is 0 Å². The second-order valence-electron chi connectivity index (χ2n) is 4.77. The fourth-order valence-corrected chi connectivity index (χ4v) is 1.52. The summed E-state index contributed by atoms with van der Waals surface area (Å²) in [6.45, 7) is 5.47. The van der Waals surface area contributed by atoms with E-state index in [9.17, 15) is 9.59 Å². The molecule has 0 aromatic heterocycles. The number of rotatable bonds is 5. The molecule has 18 heavy (non-hydrogen) atoms. The molecule has 0 saturated heterocycles. The average molecular weight is 249 g/mol. The third-order valence-corrected chi connectivity index (χ3v) is 3.22. The molecule has 2 N–H and O–H groups in total. The summed E-state index contributed by atoms with van der Waals surface area (Å²) in [5, 5.41) is 11.8. The standard InChI is InChI=1S/C14H19NO3/c1-4-14(3,13(17)18)9-15-12(16)11-7-5-6-10(2)8-11/h5-8H,4,9H2,1-3H3,(H,15,16)(H,17,18). The van der Waals surface area contributed by atoms with E-state index in [2.05, 4.69) is 5.32 Å². The molecule has 98 valence electrons. The first kappa shape index (κ1) is 14.2. The maximum absolute atomic E-state index is 11.9. The monoisotopic (exact) mass is 249 g/mol. The van der Waals surface area contributed by atoms with Crippen LogP contribution in [0.3, 0.4) is 0 Å². The van der Waals surface area contributed by atoms with Gasteiger partial charge in [-0.25, -0.2) is 0 Å². The molecule has 4 heteroatoms. The van der Waals surface area contributed by atoms with Crippen LogP contribution in [0.1, 0.15) is 36.2 Å². The van der Waals surface area contributed by atoms with Gasteiger partial charge in [-0.1, -0.05) is 24.6 Å². The van der Waals surface area contributed by atoms with Gasteiger partial charge in [0.2, 0.25) is 0 Å². The summed E-state index contributed by atoms with van der Waals surface area (Å²) in [6, 6.07) is 7.20. The zero-order chi connectivity index (χ0) is 13.8. The van der Waals surface area contributed by atoms with Gasteiger partial charge in [0.1, 0.15) is 0 Å². The number of hydrogen-bond acceptors (Lipinski definition) is 2. The molecule has 1 unspecified atom stereocenters. The third kappa shape index (κ3) is 3.32. The van der Waals surface area contributed by atoms with Crippen molar-refractivity contribution < 1.29 is 14.7 Å². The number of benzene rings is 1. The summed E-state index contributed by atoms with van der Waals surface area (Å²) >= 11 is 0. The number of hydrogen-bond donors (Lipinski definition) is 2. The Hall–Kier alpha value is -1.84. The number of carboxylic acids is 1. The Morgan fingerprint density at radius 3 is 2.56 bits per heavy atom. The topological polar surface area (TPSA) is 66.4 Å². The Morgan fingerprint density at radius 2 is 2.06 bits per heavy atom. The van der Waals surface area contributed by atoms with Gasteiger partial charge in [-0.2, -0.15) is 0 Å². The number of carbonyl (C=O) groups excluding carboxylic acids is 1. The van der Waals surface area contributed by atoms with E-state index >= 15 is 0 Å². The number of amides is 1. The second kappa shape index (κ2) is 5.67. The molecule has 1 atom stereocenters. The predicted molar refractivity (Wildman–Crippen MR) is 69.5 cm³/mol. The Bertz CT molecular complexity index is 456. The first-order valence-corrected chi connectivity index (χ1v) is 5.97. The normalized spacial score (nSPS) is 13.7. The molecule has 0 bridgehead atoms. The third-order valence-electron chi connectivity index (χ3n) is 3.22. The number of nitrogens with one attached hydrogen (secondary N) is 1. The minimum atomic E-state index is -0.917. The van der Waals surface area contributed by atoms with Crippen LogP contribution >= 0.6 is 0 Å². The van der Waals surface area contributed by atoms with Crippen LogP contribution in [0.15, 0.2) is 24.3 Å².